The SMILES string of the molecule is NC1CC(O)C1.O=C1c2cccc(OC(F)F)c2C2CC(c3nn4cc(F)c(-c5cnccn5)cc4c32)N1C(O)(O)O. The predicted molar refractivity (Wildman–Crippen MR) is 137 cm³/mol. The molecule has 15 heteroatoms. The third-order valence-electron chi connectivity index (χ3n) is 7.61. The highest BCUT2D eigenvalue weighted by molar-refractivity contribution is 5.98. The van der Waals surface area contributed by atoms with Crippen LogP contribution in [-0.4, -0.2) is 75.7 Å². The molecule has 0 radical (unpaired) electrons. The average molecular weight is 587 g/mol. The number of nitrogens with two attached hydrogens (primary N) is 1. The number of halogens is 3. The minimum absolute atomic E-state index is 0.0300. The van der Waals surface area contributed by atoms with Crippen LogP contribution in [-0.2, 0) is 0 Å². The highest BCUT2D eigenvalue weighted by Crippen LogP contribution is 2.54. The zero-order valence-electron chi connectivity index (χ0n) is 21.7. The summed E-state index contributed by atoms with van der Waals surface area (Å²) in [5, 5.41) is 43.2. The Kier molecular flexibility index (Phi) is 6.86. The van der Waals surface area contributed by atoms with Gasteiger partial charge in [-0.2, -0.15) is 13.9 Å². The van der Waals surface area contributed by atoms with Crippen LogP contribution in [0, 0.1) is 5.82 Å². The number of pyridine rings is 1. The number of aliphatic hydroxyl groups excluding tert-OH is 1. The Morgan fingerprint density at radius 2 is 1.86 bits per heavy atom. The number of aromatic nitrogens is 4. The Morgan fingerprint density at radius 3 is 2.45 bits per heavy atom. The molecule has 0 saturated heterocycles. The summed E-state index contributed by atoms with van der Waals surface area (Å²) in [6.07, 6.45) is 3.19. The van der Waals surface area contributed by atoms with E-state index in [2.05, 4.69) is 15.1 Å². The Balaban J connectivity index is 0.000000470. The van der Waals surface area contributed by atoms with Crippen molar-refractivity contribution in [1.29, 1.82) is 0 Å². The van der Waals surface area contributed by atoms with Gasteiger partial charge in [0, 0.05) is 46.6 Å². The molecule has 2 atom stereocenters. The second kappa shape index (κ2) is 10.3. The van der Waals surface area contributed by atoms with E-state index < -0.39 is 36.4 Å². The van der Waals surface area contributed by atoms with Gasteiger partial charge in [-0.05, 0) is 37.5 Å². The van der Waals surface area contributed by atoms with Crippen molar-refractivity contribution in [2.45, 2.75) is 56.1 Å². The fourth-order valence-corrected chi connectivity index (χ4v) is 5.82. The quantitative estimate of drug-likeness (QED) is 0.221. The van der Waals surface area contributed by atoms with Crippen LogP contribution in [0.25, 0.3) is 16.8 Å². The van der Waals surface area contributed by atoms with Crippen molar-refractivity contribution in [3.05, 3.63) is 77.3 Å². The first-order valence-corrected chi connectivity index (χ1v) is 12.9. The molecule has 220 valence electrons. The van der Waals surface area contributed by atoms with E-state index in [0.717, 1.165) is 19.0 Å². The molecule has 6 N–H and O–H groups in total. The predicted octanol–water partition coefficient (Wildman–Crippen LogP) is 1.62. The number of alkyl halides is 2. The minimum Gasteiger partial charge on any atom is -0.434 e. The van der Waals surface area contributed by atoms with Crippen LogP contribution < -0.4 is 10.5 Å². The number of rotatable bonds is 4. The van der Waals surface area contributed by atoms with Crippen molar-refractivity contribution in [3.63, 3.8) is 0 Å². The number of carbonyl (C=O) groups is 1. The van der Waals surface area contributed by atoms with Gasteiger partial charge in [0.15, 0.2) is 5.82 Å². The molecule has 3 aliphatic rings. The number of fused-ring (bicyclic) bond motifs is 9. The molecule has 42 heavy (non-hydrogen) atoms. The van der Waals surface area contributed by atoms with Crippen molar-refractivity contribution < 1.29 is 43.1 Å². The van der Waals surface area contributed by atoms with Crippen molar-refractivity contribution in [2.75, 3.05) is 0 Å². The van der Waals surface area contributed by atoms with Crippen LogP contribution >= 0.6 is 0 Å². The topological polar surface area (TPSA) is 180 Å². The Hall–Kier alpha value is -4.15. The van der Waals surface area contributed by atoms with Gasteiger partial charge in [0.1, 0.15) is 5.75 Å². The van der Waals surface area contributed by atoms with Gasteiger partial charge in [-0.1, -0.05) is 6.07 Å². The number of nitrogens with zero attached hydrogens (tertiary/aromatic N) is 5. The largest absolute Gasteiger partial charge is 0.434 e. The van der Waals surface area contributed by atoms with E-state index in [4.69, 9.17) is 15.6 Å². The molecule has 12 nitrogen and oxygen atoms in total. The first kappa shape index (κ1) is 28.0. The van der Waals surface area contributed by atoms with Gasteiger partial charge in [-0.3, -0.25) is 19.7 Å². The maximum Gasteiger partial charge on any atom is 0.387 e. The fourth-order valence-electron chi connectivity index (χ4n) is 5.82. The van der Waals surface area contributed by atoms with Gasteiger partial charge in [0.2, 0.25) is 0 Å². The monoisotopic (exact) mass is 586 g/mol. The molecule has 4 aromatic rings. The molecule has 1 fully saturated rings. The highest BCUT2D eigenvalue weighted by atomic mass is 19.3. The summed E-state index contributed by atoms with van der Waals surface area (Å²) >= 11 is 0. The van der Waals surface area contributed by atoms with Crippen molar-refractivity contribution in [1.82, 2.24) is 24.5 Å². The number of hydrogen-bond donors (Lipinski definition) is 5. The van der Waals surface area contributed by atoms with Crippen LogP contribution in [0.2, 0.25) is 0 Å². The Morgan fingerprint density at radius 1 is 1.10 bits per heavy atom. The average Bonchev–Trinajstić information content (AvgIpc) is 3.39. The van der Waals surface area contributed by atoms with Crippen molar-refractivity contribution in [3.8, 4) is 17.0 Å². The van der Waals surface area contributed by atoms with Gasteiger partial charge in [0.05, 0.1) is 41.4 Å². The minimum atomic E-state index is -3.60. The second-order valence-electron chi connectivity index (χ2n) is 10.3. The van der Waals surface area contributed by atoms with Gasteiger partial charge in [0.25, 0.3) is 5.91 Å². The fraction of sp³-hybridized carbons (Fsp3) is 0.333. The first-order chi connectivity index (χ1) is 19.9. The third-order valence-corrected chi connectivity index (χ3v) is 7.61. The molecule has 7 rings (SSSR count). The van der Waals surface area contributed by atoms with E-state index >= 15 is 0 Å². The van der Waals surface area contributed by atoms with Gasteiger partial charge in [-0.15, -0.1) is 0 Å². The van der Waals surface area contributed by atoms with Crippen LogP contribution in [0.3, 0.4) is 0 Å². The van der Waals surface area contributed by atoms with E-state index in [1.54, 1.807) is 0 Å². The standard InChI is InChI=1S/C23H16F3N5O5.C4H9NO/c24-13-9-30-15(6-11(13)14-8-27-4-5-28-14)19-12-7-16(20(19)29-30)31(23(33,34)35)21(32)10-2-1-3-17(18(10)12)36-22(25)26;5-3-1-4(6)2-3/h1-6,8-9,12,16,22,33-35H,7H2;3-4,6H,1-2,5H2. The molecule has 2 unspecified atom stereocenters. The number of ether oxygens (including phenoxy) is 1. The summed E-state index contributed by atoms with van der Waals surface area (Å²) in [6.45, 7) is -3.20. The van der Waals surface area contributed by atoms with E-state index in [0.29, 0.717) is 22.0 Å². The van der Waals surface area contributed by atoms with Crippen LogP contribution in [0.1, 0.15) is 58.4 Å². The van der Waals surface area contributed by atoms with Crippen molar-refractivity contribution in [2.24, 2.45) is 5.73 Å². The Bertz CT molecular complexity index is 1650. The summed E-state index contributed by atoms with van der Waals surface area (Å²) in [6, 6.07) is 4.46. The van der Waals surface area contributed by atoms with Gasteiger partial charge >= 0.3 is 12.7 Å². The molecule has 4 heterocycles. The zero-order valence-corrected chi connectivity index (χ0v) is 21.7. The lowest BCUT2D eigenvalue weighted by Gasteiger charge is -2.34. The molecule has 1 aliphatic heterocycles. The maximum atomic E-state index is 15.0. The number of carbonyl (C=O) groups excluding carboxylic acids is 1. The third kappa shape index (κ3) is 4.74. The lowest BCUT2D eigenvalue weighted by atomic mass is 9.88. The smallest absolute Gasteiger partial charge is 0.387 e. The molecule has 3 aromatic heterocycles. The zero-order chi connectivity index (χ0) is 29.9. The van der Waals surface area contributed by atoms with Gasteiger partial charge < -0.3 is 30.9 Å². The van der Waals surface area contributed by atoms with Crippen LogP contribution in [0.5, 0.6) is 5.75 Å². The van der Waals surface area contributed by atoms with E-state index in [-0.39, 0.29) is 46.4 Å². The molecular formula is C27H25F3N6O6. The summed E-state index contributed by atoms with van der Waals surface area (Å²) in [4.78, 5) is 21.8. The molecule has 1 saturated carbocycles. The molecule has 1 amide bonds. The number of aliphatic hydroxyl groups is 4. The normalized spacial score (nSPS) is 22.7. The van der Waals surface area contributed by atoms with Crippen LogP contribution in [0.15, 0.2) is 49.1 Å². The summed E-state index contributed by atoms with van der Waals surface area (Å²) < 4.78 is 47.4. The first-order valence-electron chi connectivity index (χ1n) is 12.9. The van der Waals surface area contributed by atoms with E-state index in [1.165, 1.54) is 47.4 Å². The lowest BCUT2D eigenvalue weighted by Crippen LogP contribution is -2.53. The summed E-state index contributed by atoms with van der Waals surface area (Å²) in [5.74, 6) is -2.78. The molecule has 2 bridgehead atoms. The number of amides is 1. The molecular weight excluding hydrogens is 561 g/mol. The number of benzene rings is 1. The second-order valence-corrected chi connectivity index (χ2v) is 10.3. The summed E-state index contributed by atoms with van der Waals surface area (Å²) in [5.41, 5.74) is 6.49. The Labute approximate surface area is 235 Å². The lowest BCUT2D eigenvalue weighted by molar-refractivity contribution is -0.385. The van der Waals surface area contributed by atoms with E-state index in [1.807, 2.05) is 0 Å². The van der Waals surface area contributed by atoms with E-state index in [9.17, 15) is 33.3 Å². The summed E-state index contributed by atoms with van der Waals surface area (Å²) in [7, 11) is 0. The highest BCUT2D eigenvalue weighted by Gasteiger charge is 2.52. The maximum absolute atomic E-state index is 15.0. The van der Waals surface area contributed by atoms with Gasteiger partial charge in [-0.25, -0.2) is 8.91 Å². The number of hydrogen-bond acceptors (Lipinski definition) is 10. The molecule has 1 aromatic carbocycles. The molecule has 0 spiro atoms. The van der Waals surface area contributed by atoms with Crippen LogP contribution in [0.4, 0.5) is 13.2 Å². The molecule has 2 aliphatic carbocycles. The van der Waals surface area contributed by atoms with Crippen molar-refractivity contribution >= 4 is 11.4 Å².